The number of carbonyl (C=O) groups is 2. The molecular formula is C27H26FNO7. The molecule has 0 atom stereocenters. The van der Waals surface area contributed by atoms with E-state index in [0.717, 1.165) is 0 Å². The first-order valence-corrected chi connectivity index (χ1v) is 10.8. The molecule has 1 amide bonds. The molecule has 0 saturated heterocycles. The van der Waals surface area contributed by atoms with Crippen LogP contribution in [0.25, 0.3) is 6.08 Å². The highest BCUT2D eigenvalue weighted by atomic mass is 19.1. The molecule has 8 nitrogen and oxygen atoms in total. The molecule has 0 unspecified atom stereocenters. The van der Waals surface area contributed by atoms with Gasteiger partial charge in [-0.05, 0) is 48.0 Å². The Balaban J connectivity index is 1.74. The maximum atomic E-state index is 13.7. The van der Waals surface area contributed by atoms with Crippen LogP contribution in [0.3, 0.4) is 0 Å². The maximum Gasteiger partial charge on any atom is 0.262 e. The van der Waals surface area contributed by atoms with Crippen molar-refractivity contribution in [1.82, 2.24) is 0 Å². The van der Waals surface area contributed by atoms with Gasteiger partial charge in [0.1, 0.15) is 5.82 Å². The Morgan fingerprint density at radius 2 is 1.50 bits per heavy atom. The molecule has 0 aromatic heterocycles. The van der Waals surface area contributed by atoms with Crippen molar-refractivity contribution in [3.63, 3.8) is 0 Å². The van der Waals surface area contributed by atoms with Crippen LogP contribution in [0.1, 0.15) is 15.9 Å². The zero-order valence-corrected chi connectivity index (χ0v) is 20.3. The summed E-state index contributed by atoms with van der Waals surface area (Å²) in [6.45, 7) is -0.373. The van der Waals surface area contributed by atoms with Gasteiger partial charge < -0.3 is 29.0 Å². The Labute approximate surface area is 208 Å². The zero-order chi connectivity index (χ0) is 26.1. The van der Waals surface area contributed by atoms with Crippen LogP contribution in [0.5, 0.6) is 28.7 Å². The van der Waals surface area contributed by atoms with Crippen LogP contribution in [0, 0.1) is 5.82 Å². The van der Waals surface area contributed by atoms with Crippen molar-refractivity contribution in [2.45, 2.75) is 0 Å². The largest absolute Gasteiger partial charge is 0.493 e. The summed E-state index contributed by atoms with van der Waals surface area (Å²) in [5, 5.41) is 2.45. The zero-order valence-electron chi connectivity index (χ0n) is 20.3. The molecule has 0 aliphatic rings. The van der Waals surface area contributed by atoms with Crippen LogP contribution >= 0.6 is 0 Å². The van der Waals surface area contributed by atoms with Crippen molar-refractivity contribution < 1.29 is 37.7 Å². The van der Waals surface area contributed by atoms with Gasteiger partial charge in [-0.2, -0.15) is 0 Å². The van der Waals surface area contributed by atoms with E-state index in [4.69, 9.17) is 23.7 Å². The maximum absolute atomic E-state index is 13.7. The Hall–Kier alpha value is -4.53. The lowest BCUT2D eigenvalue weighted by atomic mass is 10.1. The predicted molar refractivity (Wildman–Crippen MR) is 133 cm³/mol. The van der Waals surface area contributed by atoms with Crippen molar-refractivity contribution >= 4 is 23.5 Å². The number of amides is 1. The monoisotopic (exact) mass is 495 g/mol. The van der Waals surface area contributed by atoms with E-state index in [0.29, 0.717) is 34.1 Å². The number of hydrogen-bond acceptors (Lipinski definition) is 7. The second-order valence-corrected chi connectivity index (χ2v) is 7.34. The molecule has 0 aliphatic heterocycles. The topological polar surface area (TPSA) is 92.3 Å². The lowest BCUT2D eigenvalue weighted by molar-refractivity contribution is -0.118. The second-order valence-electron chi connectivity index (χ2n) is 7.34. The number of methoxy groups -OCH3 is 4. The van der Waals surface area contributed by atoms with Gasteiger partial charge in [-0.15, -0.1) is 0 Å². The molecule has 1 N–H and O–H groups in total. The third-order valence-corrected chi connectivity index (χ3v) is 5.07. The van der Waals surface area contributed by atoms with Gasteiger partial charge in [0.2, 0.25) is 5.75 Å². The van der Waals surface area contributed by atoms with Crippen LogP contribution < -0.4 is 29.0 Å². The van der Waals surface area contributed by atoms with Crippen molar-refractivity contribution in [2.75, 3.05) is 40.4 Å². The molecule has 0 saturated carbocycles. The second kappa shape index (κ2) is 12.3. The number of ether oxygens (including phenoxy) is 5. The first-order chi connectivity index (χ1) is 17.4. The fraction of sp³-hybridized carbons (Fsp3) is 0.185. The number of rotatable bonds is 11. The minimum absolute atomic E-state index is 0.0556. The van der Waals surface area contributed by atoms with E-state index in [9.17, 15) is 14.0 Å². The highest BCUT2D eigenvalue weighted by Gasteiger charge is 2.16. The normalized spacial score (nSPS) is 10.6. The first-order valence-electron chi connectivity index (χ1n) is 10.8. The van der Waals surface area contributed by atoms with Crippen molar-refractivity contribution in [3.8, 4) is 28.7 Å². The fourth-order valence-electron chi connectivity index (χ4n) is 3.29. The minimum Gasteiger partial charge on any atom is -0.493 e. The van der Waals surface area contributed by atoms with E-state index in [1.54, 1.807) is 42.5 Å². The smallest absolute Gasteiger partial charge is 0.262 e. The SMILES string of the molecule is COc1ccc(/C=C/C(=O)c2cc(OC)c(OC)c(OC)c2)cc1OCC(=O)Nc1ccccc1F. The number of allylic oxidation sites excluding steroid dienone is 1. The number of anilines is 1. The van der Waals surface area contributed by atoms with Crippen LogP contribution in [0.4, 0.5) is 10.1 Å². The molecule has 188 valence electrons. The van der Waals surface area contributed by atoms with E-state index in [1.807, 2.05) is 0 Å². The Morgan fingerprint density at radius 3 is 2.11 bits per heavy atom. The molecule has 0 radical (unpaired) electrons. The molecule has 3 aromatic rings. The molecule has 0 spiro atoms. The lowest BCUT2D eigenvalue weighted by Gasteiger charge is -2.13. The summed E-state index contributed by atoms with van der Waals surface area (Å²) in [6, 6.07) is 13.9. The van der Waals surface area contributed by atoms with Crippen LogP contribution in [0.15, 0.2) is 60.7 Å². The molecule has 3 rings (SSSR count). The third kappa shape index (κ3) is 6.32. The number of halogens is 1. The van der Waals surface area contributed by atoms with Crippen molar-refractivity contribution in [3.05, 3.63) is 77.6 Å². The molecule has 0 aliphatic carbocycles. The summed E-state index contributed by atoms with van der Waals surface area (Å²) in [5.41, 5.74) is 1.02. The molecule has 0 bridgehead atoms. The van der Waals surface area contributed by atoms with Crippen molar-refractivity contribution in [2.24, 2.45) is 0 Å². The highest BCUT2D eigenvalue weighted by Crippen LogP contribution is 2.38. The number of carbonyl (C=O) groups excluding carboxylic acids is 2. The first kappa shape index (κ1) is 26.1. The van der Waals surface area contributed by atoms with Gasteiger partial charge in [0.05, 0.1) is 34.1 Å². The van der Waals surface area contributed by atoms with Crippen molar-refractivity contribution in [1.29, 1.82) is 0 Å². The van der Waals surface area contributed by atoms with E-state index in [1.165, 1.54) is 52.7 Å². The standard InChI is InChI=1S/C27H26FNO7/c1-32-22-12-10-17(13-23(22)36-16-26(31)29-20-8-6-5-7-19(20)28)9-11-21(30)18-14-24(33-2)27(35-4)25(15-18)34-3/h5-15H,16H2,1-4H3,(H,29,31)/b11-9+. The predicted octanol–water partition coefficient (Wildman–Crippen LogP) is 4.77. The van der Waals surface area contributed by atoms with Gasteiger partial charge >= 0.3 is 0 Å². The summed E-state index contributed by atoms with van der Waals surface area (Å²) in [7, 11) is 5.88. The summed E-state index contributed by atoms with van der Waals surface area (Å²) in [4.78, 5) is 25.0. The van der Waals surface area contributed by atoms with Gasteiger partial charge in [-0.1, -0.05) is 24.3 Å². The lowest BCUT2D eigenvalue weighted by Crippen LogP contribution is -2.21. The molecule has 0 fully saturated rings. The Bertz CT molecular complexity index is 1250. The van der Waals surface area contributed by atoms with Gasteiger partial charge in [0, 0.05) is 5.56 Å². The van der Waals surface area contributed by atoms with Crippen LogP contribution in [-0.4, -0.2) is 46.7 Å². The number of ketones is 1. The summed E-state index contributed by atoms with van der Waals surface area (Å²) >= 11 is 0. The van der Waals surface area contributed by atoms with Crippen LogP contribution in [0.2, 0.25) is 0 Å². The van der Waals surface area contributed by atoms with Crippen LogP contribution in [-0.2, 0) is 4.79 Å². The summed E-state index contributed by atoms with van der Waals surface area (Å²) < 4.78 is 40.5. The molecule has 36 heavy (non-hydrogen) atoms. The van der Waals surface area contributed by atoms with E-state index in [2.05, 4.69) is 5.32 Å². The number of para-hydroxylation sites is 1. The summed E-state index contributed by atoms with van der Waals surface area (Å²) in [6.07, 6.45) is 2.98. The molecule has 9 heteroatoms. The van der Waals surface area contributed by atoms with Gasteiger partial charge in [0.25, 0.3) is 5.91 Å². The molecule has 3 aromatic carbocycles. The fourth-order valence-corrected chi connectivity index (χ4v) is 3.29. The quantitative estimate of drug-likeness (QED) is 0.303. The average Bonchev–Trinajstić information content (AvgIpc) is 2.90. The summed E-state index contributed by atoms with van der Waals surface area (Å²) in [5.74, 6) is 0.400. The van der Waals surface area contributed by atoms with E-state index in [-0.39, 0.29) is 23.8 Å². The number of benzene rings is 3. The average molecular weight is 496 g/mol. The van der Waals surface area contributed by atoms with E-state index >= 15 is 0 Å². The molecule has 0 heterocycles. The van der Waals surface area contributed by atoms with Gasteiger partial charge in [-0.25, -0.2) is 4.39 Å². The molecular weight excluding hydrogens is 469 g/mol. The van der Waals surface area contributed by atoms with Gasteiger partial charge in [-0.3, -0.25) is 9.59 Å². The Kier molecular flexibility index (Phi) is 8.88. The number of hydrogen-bond donors (Lipinski definition) is 1. The third-order valence-electron chi connectivity index (χ3n) is 5.07. The highest BCUT2D eigenvalue weighted by molar-refractivity contribution is 6.07. The Morgan fingerprint density at radius 1 is 0.833 bits per heavy atom. The number of nitrogens with one attached hydrogen (secondary N) is 1. The van der Waals surface area contributed by atoms with Gasteiger partial charge in [0.15, 0.2) is 35.4 Å². The minimum atomic E-state index is -0.549. The van der Waals surface area contributed by atoms with E-state index < -0.39 is 11.7 Å².